The number of carbonyl (C=O) groups is 3. The molecule has 23 heavy (non-hydrogen) atoms. The molecule has 0 bridgehead atoms. The van der Waals surface area contributed by atoms with Gasteiger partial charge in [0.2, 0.25) is 5.91 Å². The number of benzene rings is 1. The van der Waals surface area contributed by atoms with Gasteiger partial charge in [-0.05, 0) is 18.6 Å². The molecule has 2 atom stereocenters. The van der Waals surface area contributed by atoms with Gasteiger partial charge in [0, 0.05) is 17.9 Å². The van der Waals surface area contributed by atoms with E-state index < -0.39 is 29.7 Å². The van der Waals surface area contributed by atoms with Crippen LogP contribution in [0.5, 0.6) is 0 Å². The molecule has 1 unspecified atom stereocenters. The van der Waals surface area contributed by atoms with E-state index in [0.29, 0.717) is 12.8 Å². The Hall–Kier alpha value is -2.24. The highest BCUT2D eigenvalue weighted by Gasteiger charge is 2.23. The molecule has 0 spiro atoms. The molecule has 0 saturated heterocycles. The lowest BCUT2D eigenvalue weighted by molar-refractivity contribution is -0.142. The van der Waals surface area contributed by atoms with E-state index in [1.54, 1.807) is 6.92 Å². The van der Waals surface area contributed by atoms with Crippen LogP contribution >= 0.6 is 0 Å². The summed E-state index contributed by atoms with van der Waals surface area (Å²) in [6, 6.07) is 4.33. The number of carboxylic acid groups (broad SMARTS) is 1. The normalized spacial score (nSPS) is 13.2. The second-order valence-electron chi connectivity index (χ2n) is 5.58. The van der Waals surface area contributed by atoms with Crippen LogP contribution in [0.4, 0.5) is 4.39 Å². The predicted octanol–water partition coefficient (Wildman–Crippen LogP) is 2.79. The van der Waals surface area contributed by atoms with Gasteiger partial charge in [0.15, 0.2) is 5.78 Å². The van der Waals surface area contributed by atoms with E-state index in [0.717, 1.165) is 12.5 Å². The van der Waals surface area contributed by atoms with Gasteiger partial charge in [0.25, 0.3) is 0 Å². The van der Waals surface area contributed by atoms with Crippen molar-refractivity contribution < 1.29 is 23.9 Å². The van der Waals surface area contributed by atoms with Gasteiger partial charge in [-0.15, -0.1) is 0 Å². The summed E-state index contributed by atoms with van der Waals surface area (Å²) in [5.74, 6) is -3.10. The fourth-order valence-corrected chi connectivity index (χ4v) is 2.22. The summed E-state index contributed by atoms with van der Waals surface area (Å²) in [6.45, 7) is 3.50. The Morgan fingerprint density at radius 1 is 1.30 bits per heavy atom. The van der Waals surface area contributed by atoms with Crippen molar-refractivity contribution >= 4 is 17.7 Å². The molecular formula is C17H22FNO4. The number of unbranched alkanes of at least 4 members (excludes halogenated alkanes) is 1. The van der Waals surface area contributed by atoms with Gasteiger partial charge >= 0.3 is 5.97 Å². The standard InChI is InChI=1S/C17H22FNO4/c1-3-4-8-14(17(22)23)19-15(20)9-11(2)16(21)12-6-5-7-13(18)10-12/h5-7,10-11,14H,3-4,8-9H2,1-2H3,(H,19,20)(H,22,23)/t11?,14-/m0/s1. The first-order valence-electron chi connectivity index (χ1n) is 7.67. The molecule has 0 saturated carbocycles. The zero-order chi connectivity index (χ0) is 17.4. The largest absolute Gasteiger partial charge is 0.480 e. The van der Waals surface area contributed by atoms with Crippen LogP contribution in [0.2, 0.25) is 0 Å². The van der Waals surface area contributed by atoms with E-state index in [4.69, 9.17) is 5.11 Å². The monoisotopic (exact) mass is 323 g/mol. The minimum absolute atomic E-state index is 0.134. The number of ketones is 1. The van der Waals surface area contributed by atoms with E-state index in [9.17, 15) is 18.8 Å². The van der Waals surface area contributed by atoms with Crippen LogP contribution in [0.3, 0.4) is 0 Å². The molecular weight excluding hydrogens is 301 g/mol. The smallest absolute Gasteiger partial charge is 0.326 e. The second kappa shape index (κ2) is 9.02. The van der Waals surface area contributed by atoms with Crippen LogP contribution in [-0.2, 0) is 9.59 Å². The molecule has 1 amide bonds. The fraction of sp³-hybridized carbons (Fsp3) is 0.471. The summed E-state index contributed by atoms with van der Waals surface area (Å²) in [6.07, 6.45) is 1.73. The first kappa shape index (κ1) is 18.8. The van der Waals surface area contributed by atoms with E-state index in [1.807, 2.05) is 6.92 Å². The van der Waals surface area contributed by atoms with Crippen LogP contribution in [-0.4, -0.2) is 28.8 Å². The number of hydrogen-bond donors (Lipinski definition) is 2. The molecule has 5 nitrogen and oxygen atoms in total. The van der Waals surface area contributed by atoms with E-state index in [2.05, 4.69) is 5.32 Å². The van der Waals surface area contributed by atoms with Crippen molar-refractivity contribution in [1.82, 2.24) is 5.32 Å². The number of carboxylic acids is 1. The lowest BCUT2D eigenvalue weighted by Crippen LogP contribution is -2.41. The first-order valence-corrected chi connectivity index (χ1v) is 7.67. The molecule has 1 aromatic carbocycles. The van der Waals surface area contributed by atoms with Gasteiger partial charge in [-0.3, -0.25) is 9.59 Å². The molecule has 0 radical (unpaired) electrons. The molecule has 0 fully saturated rings. The van der Waals surface area contributed by atoms with E-state index in [1.165, 1.54) is 18.2 Å². The van der Waals surface area contributed by atoms with Crippen molar-refractivity contribution in [2.75, 3.05) is 0 Å². The Kier molecular flexibility index (Phi) is 7.38. The molecule has 0 aliphatic rings. The lowest BCUT2D eigenvalue weighted by atomic mass is 9.96. The van der Waals surface area contributed by atoms with Gasteiger partial charge < -0.3 is 10.4 Å². The Bertz CT molecular complexity index is 573. The van der Waals surface area contributed by atoms with Gasteiger partial charge in [0.05, 0.1) is 0 Å². The summed E-state index contributed by atoms with van der Waals surface area (Å²) in [5, 5.41) is 11.5. The van der Waals surface area contributed by atoms with Crippen LogP contribution in [0.25, 0.3) is 0 Å². The summed E-state index contributed by atoms with van der Waals surface area (Å²) in [5.41, 5.74) is 0.200. The third-order valence-electron chi connectivity index (χ3n) is 3.53. The van der Waals surface area contributed by atoms with Crippen molar-refractivity contribution in [2.24, 2.45) is 5.92 Å². The van der Waals surface area contributed by atoms with Crippen molar-refractivity contribution in [1.29, 1.82) is 0 Å². The average molecular weight is 323 g/mol. The molecule has 2 N–H and O–H groups in total. The van der Waals surface area contributed by atoms with Crippen molar-refractivity contribution in [3.8, 4) is 0 Å². The zero-order valence-corrected chi connectivity index (χ0v) is 13.3. The number of aliphatic carboxylic acids is 1. The van der Waals surface area contributed by atoms with Crippen LogP contribution in [0.15, 0.2) is 24.3 Å². The Morgan fingerprint density at radius 3 is 2.57 bits per heavy atom. The van der Waals surface area contributed by atoms with Crippen LogP contribution < -0.4 is 5.32 Å². The van der Waals surface area contributed by atoms with Crippen LogP contribution in [0, 0.1) is 11.7 Å². The molecule has 0 aliphatic heterocycles. The molecule has 0 aliphatic carbocycles. The number of amides is 1. The Balaban J connectivity index is 2.61. The van der Waals surface area contributed by atoms with Crippen LogP contribution in [0.1, 0.15) is 49.9 Å². The molecule has 0 aromatic heterocycles. The summed E-state index contributed by atoms with van der Waals surface area (Å²) in [4.78, 5) is 35.2. The van der Waals surface area contributed by atoms with Gasteiger partial charge in [-0.1, -0.05) is 38.8 Å². The molecule has 126 valence electrons. The third kappa shape index (κ3) is 6.18. The molecule has 0 heterocycles. The summed E-state index contributed by atoms with van der Waals surface area (Å²) in [7, 11) is 0. The maximum Gasteiger partial charge on any atom is 0.326 e. The van der Waals surface area contributed by atoms with Gasteiger partial charge in [0.1, 0.15) is 11.9 Å². The predicted molar refractivity (Wildman–Crippen MR) is 83.6 cm³/mol. The minimum Gasteiger partial charge on any atom is -0.480 e. The molecule has 1 rings (SSSR count). The lowest BCUT2D eigenvalue weighted by Gasteiger charge is -2.16. The quantitative estimate of drug-likeness (QED) is 0.685. The minimum atomic E-state index is -1.09. The number of nitrogens with one attached hydrogen (secondary N) is 1. The SMILES string of the molecule is CCCC[C@H](NC(=O)CC(C)C(=O)c1cccc(F)c1)C(=O)O. The number of halogens is 1. The number of hydrogen-bond acceptors (Lipinski definition) is 3. The topological polar surface area (TPSA) is 83.5 Å². The highest BCUT2D eigenvalue weighted by atomic mass is 19.1. The maximum absolute atomic E-state index is 13.1. The number of rotatable bonds is 9. The second-order valence-corrected chi connectivity index (χ2v) is 5.58. The number of Topliss-reactive ketones (excluding diaryl/α,β-unsaturated/α-hetero) is 1. The van der Waals surface area contributed by atoms with E-state index in [-0.39, 0.29) is 17.8 Å². The Labute approximate surface area is 134 Å². The zero-order valence-electron chi connectivity index (χ0n) is 13.3. The van der Waals surface area contributed by atoms with Crippen molar-refractivity contribution in [2.45, 2.75) is 45.6 Å². The average Bonchev–Trinajstić information content (AvgIpc) is 2.50. The van der Waals surface area contributed by atoms with Gasteiger partial charge in [-0.2, -0.15) is 0 Å². The highest BCUT2D eigenvalue weighted by molar-refractivity contribution is 5.99. The highest BCUT2D eigenvalue weighted by Crippen LogP contribution is 2.14. The maximum atomic E-state index is 13.1. The first-order chi connectivity index (χ1) is 10.8. The fourth-order valence-electron chi connectivity index (χ4n) is 2.22. The molecule has 1 aromatic rings. The van der Waals surface area contributed by atoms with Crippen molar-refractivity contribution in [3.05, 3.63) is 35.6 Å². The summed E-state index contributed by atoms with van der Waals surface area (Å²) < 4.78 is 13.1. The van der Waals surface area contributed by atoms with Gasteiger partial charge in [-0.25, -0.2) is 9.18 Å². The Morgan fingerprint density at radius 2 is 2.00 bits per heavy atom. The number of carbonyl (C=O) groups excluding carboxylic acids is 2. The third-order valence-corrected chi connectivity index (χ3v) is 3.53. The van der Waals surface area contributed by atoms with E-state index >= 15 is 0 Å². The van der Waals surface area contributed by atoms with Crippen molar-refractivity contribution in [3.63, 3.8) is 0 Å². The molecule has 6 heteroatoms. The summed E-state index contributed by atoms with van der Waals surface area (Å²) >= 11 is 0.